The van der Waals surface area contributed by atoms with Crippen molar-refractivity contribution in [2.75, 3.05) is 25.6 Å². The van der Waals surface area contributed by atoms with Crippen LogP contribution in [-0.4, -0.2) is 38.2 Å². The number of thiophene rings is 1. The molecule has 0 radical (unpaired) electrons. The minimum atomic E-state index is -0.523. The molecule has 29 heavy (non-hydrogen) atoms. The van der Waals surface area contributed by atoms with E-state index in [1.165, 1.54) is 11.3 Å². The van der Waals surface area contributed by atoms with E-state index in [1.54, 1.807) is 44.4 Å². The number of rotatable bonds is 9. The van der Waals surface area contributed by atoms with Crippen molar-refractivity contribution >= 4 is 34.2 Å². The Labute approximate surface area is 174 Å². The van der Waals surface area contributed by atoms with Crippen LogP contribution in [0.2, 0.25) is 0 Å². The zero-order chi connectivity index (χ0) is 21.4. The summed E-state index contributed by atoms with van der Waals surface area (Å²) in [7, 11) is 1.56. The van der Waals surface area contributed by atoms with Crippen LogP contribution in [0.3, 0.4) is 0 Å². The molecule has 0 aliphatic heterocycles. The van der Waals surface area contributed by atoms with Gasteiger partial charge in [-0.15, -0.1) is 11.3 Å². The molecule has 0 aliphatic rings. The highest BCUT2D eigenvalue weighted by molar-refractivity contribution is 7.16. The highest BCUT2D eigenvalue weighted by atomic mass is 32.1. The standard InChI is InChI=1S/C21H25NO6S/c1-5-27-21(25)16-11-17(13(2)3)29-20(16)22-18(23)12-28-19(24)10-14-6-8-15(26-4)9-7-14/h6-9,11,13H,5,10,12H2,1-4H3,(H,22,23). The molecule has 1 N–H and O–H groups in total. The average Bonchev–Trinajstić information content (AvgIpc) is 3.11. The molecule has 156 valence electrons. The van der Waals surface area contributed by atoms with E-state index in [4.69, 9.17) is 14.2 Å². The van der Waals surface area contributed by atoms with Crippen molar-refractivity contribution in [2.45, 2.75) is 33.1 Å². The van der Waals surface area contributed by atoms with Gasteiger partial charge in [0.15, 0.2) is 6.61 Å². The van der Waals surface area contributed by atoms with Crippen molar-refractivity contribution in [2.24, 2.45) is 0 Å². The van der Waals surface area contributed by atoms with Crippen LogP contribution in [-0.2, 0) is 25.5 Å². The number of anilines is 1. The van der Waals surface area contributed by atoms with Crippen LogP contribution in [0, 0.1) is 0 Å². The number of esters is 2. The molecule has 1 aromatic carbocycles. The molecule has 0 atom stereocenters. The van der Waals surface area contributed by atoms with Gasteiger partial charge in [-0.3, -0.25) is 9.59 Å². The Hall–Kier alpha value is -2.87. The summed E-state index contributed by atoms with van der Waals surface area (Å²) in [5.41, 5.74) is 1.05. The molecule has 0 aliphatic carbocycles. The first-order chi connectivity index (χ1) is 13.8. The van der Waals surface area contributed by atoms with E-state index in [0.29, 0.717) is 16.3 Å². The van der Waals surface area contributed by atoms with Gasteiger partial charge in [-0.2, -0.15) is 0 Å². The second kappa shape index (κ2) is 10.6. The summed E-state index contributed by atoms with van der Waals surface area (Å²) in [6.07, 6.45) is 0.0435. The van der Waals surface area contributed by atoms with Crippen molar-refractivity contribution in [3.05, 3.63) is 46.3 Å². The van der Waals surface area contributed by atoms with Gasteiger partial charge in [0.1, 0.15) is 10.8 Å². The lowest BCUT2D eigenvalue weighted by Gasteiger charge is -2.07. The predicted molar refractivity (Wildman–Crippen MR) is 111 cm³/mol. The van der Waals surface area contributed by atoms with E-state index in [9.17, 15) is 14.4 Å². The smallest absolute Gasteiger partial charge is 0.341 e. The summed E-state index contributed by atoms with van der Waals surface area (Å²) < 4.78 is 15.2. The molecule has 0 fully saturated rings. The Bertz CT molecular complexity index is 857. The second-order valence-corrected chi connectivity index (χ2v) is 7.58. The summed E-state index contributed by atoms with van der Waals surface area (Å²) in [6.45, 7) is 5.50. The summed E-state index contributed by atoms with van der Waals surface area (Å²) >= 11 is 1.31. The molecule has 1 heterocycles. The van der Waals surface area contributed by atoms with Crippen molar-refractivity contribution in [3.63, 3.8) is 0 Å². The fourth-order valence-corrected chi connectivity index (χ4v) is 3.48. The maximum Gasteiger partial charge on any atom is 0.341 e. The third kappa shape index (κ3) is 6.60. The van der Waals surface area contributed by atoms with Gasteiger partial charge in [0, 0.05) is 4.88 Å². The topological polar surface area (TPSA) is 90.9 Å². The third-order valence-corrected chi connectivity index (χ3v) is 5.29. The fourth-order valence-electron chi connectivity index (χ4n) is 2.42. The van der Waals surface area contributed by atoms with Crippen LogP contribution in [0.25, 0.3) is 0 Å². The van der Waals surface area contributed by atoms with E-state index in [-0.39, 0.29) is 18.9 Å². The lowest BCUT2D eigenvalue weighted by molar-refractivity contribution is -0.146. The molecular weight excluding hydrogens is 394 g/mol. The quantitative estimate of drug-likeness (QED) is 0.622. The van der Waals surface area contributed by atoms with E-state index in [1.807, 2.05) is 13.8 Å². The van der Waals surface area contributed by atoms with Crippen molar-refractivity contribution in [3.8, 4) is 5.75 Å². The van der Waals surface area contributed by atoms with E-state index in [0.717, 1.165) is 10.4 Å². The van der Waals surface area contributed by atoms with Crippen LogP contribution < -0.4 is 10.1 Å². The number of carbonyl (C=O) groups is 3. The molecule has 1 amide bonds. The van der Waals surface area contributed by atoms with Gasteiger partial charge in [0.05, 0.1) is 25.7 Å². The molecule has 1 aromatic heterocycles. The van der Waals surface area contributed by atoms with Gasteiger partial charge in [0.2, 0.25) is 0 Å². The molecule has 0 saturated heterocycles. The summed E-state index contributed by atoms with van der Waals surface area (Å²) in [5.74, 6) is -0.653. The first-order valence-electron chi connectivity index (χ1n) is 9.23. The maximum absolute atomic E-state index is 12.2. The van der Waals surface area contributed by atoms with E-state index >= 15 is 0 Å². The van der Waals surface area contributed by atoms with Crippen molar-refractivity contribution in [1.82, 2.24) is 0 Å². The Morgan fingerprint density at radius 3 is 2.38 bits per heavy atom. The van der Waals surface area contributed by atoms with Crippen LogP contribution in [0.5, 0.6) is 5.75 Å². The summed E-state index contributed by atoms with van der Waals surface area (Å²) in [4.78, 5) is 37.3. The predicted octanol–water partition coefficient (Wildman–Crippen LogP) is 3.78. The van der Waals surface area contributed by atoms with Gasteiger partial charge in [-0.1, -0.05) is 26.0 Å². The van der Waals surface area contributed by atoms with Crippen LogP contribution in [0.15, 0.2) is 30.3 Å². The Morgan fingerprint density at radius 1 is 1.10 bits per heavy atom. The van der Waals surface area contributed by atoms with Gasteiger partial charge in [-0.05, 0) is 36.6 Å². The SMILES string of the molecule is CCOC(=O)c1cc(C(C)C)sc1NC(=O)COC(=O)Cc1ccc(OC)cc1. The molecule has 7 nitrogen and oxygen atoms in total. The Kier molecular flexibility index (Phi) is 8.21. The van der Waals surface area contributed by atoms with E-state index < -0.39 is 24.5 Å². The zero-order valence-electron chi connectivity index (χ0n) is 16.9. The minimum absolute atomic E-state index is 0.0435. The minimum Gasteiger partial charge on any atom is -0.497 e. The number of amides is 1. The number of carbonyl (C=O) groups excluding carboxylic acids is 3. The number of methoxy groups -OCH3 is 1. The highest BCUT2D eigenvalue weighted by Crippen LogP contribution is 2.33. The summed E-state index contributed by atoms with van der Waals surface area (Å²) in [6, 6.07) is 8.72. The molecule has 0 bridgehead atoms. The Morgan fingerprint density at radius 2 is 1.79 bits per heavy atom. The number of benzene rings is 1. The van der Waals surface area contributed by atoms with Crippen LogP contribution >= 0.6 is 11.3 Å². The van der Waals surface area contributed by atoms with Crippen molar-refractivity contribution in [1.29, 1.82) is 0 Å². The van der Waals surface area contributed by atoms with Gasteiger partial charge < -0.3 is 19.5 Å². The van der Waals surface area contributed by atoms with Gasteiger partial charge in [-0.25, -0.2) is 4.79 Å². The largest absolute Gasteiger partial charge is 0.497 e. The molecule has 2 aromatic rings. The zero-order valence-corrected chi connectivity index (χ0v) is 17.8. The first-order valence-corrected chi connectivity index (χ1v) is 10.0. The molecule has 0 unspecified atom stereocenters. The van der Waals surface area contributed by atoms with Gasteiger partial charge in [0.25, 0.3) is 5.91 Å². The number of ether oxygens (including phenoxy) is 3. The Balaban J connectivity index is 1.94. The number of hydrogen-bond donors (Lipinski definition) is 1. The number of hydrogen-bond acceptors (Lipinski definition) is 7. The lowest BCUT2D eigenvalue weighted by Crippen LogP contribution is -2.22. The molecule has 2 rings (SSSR count). The number of nitrogens with one attached hydrogen (secondary N) is 1. The summed E-state index contributed by atoms with van der Waals surface area (Å²) in [5, 5.41) is 3.04. The molecule has 8 heteroatoms. The fraction of sp³-hybridized carbons (Fsp3) is 0.381. The first kappa shape index (κ1) is 22.4. The van der Waals surface area contributed by atoms with Crippen LogP contribution in [0.4, 0.5) is 5.00 Å². The lowest BCUT2D eigenvalue weighted by atomic mass is 10.1. The van der Waals surface area contributed by atoms with Gasteiger partial charge >= 0.3 is 11.9 Å². The normalized spacial score (nSPS) is 10.5. The molecule has 0 saturated carbocycles. The third-order valence-electron chi connectivity index (χ3n) is 3.94. The maximum atomic E-state index is 12.2. The second-order valence-electron chi connectivity index (χ2n) is 6.50. The highest BCUT2D eigenvalue weighted by Gasteiger charge is 2.20. The van der Waals surface area contributed by atoms with Crippen molar-refractivity contribution < 1.29 is 28.6 Å². The average molecular weight is 419 g/mol. The molecule has 0 spiro atoms. The van der Waals surface area contributed by atoms with E-state index in [2.05, 4.69) is 5.32 Å². The molecular formula is C21H25NO6S. The monoisotopic (exact) mass is 419 g/mol. The van der Waals surface area contributed by atoms with Crippen LogP contribution in [0.1, 0.15) is 47.5 Å².